The molecule has 4 heteroatoms. The van der Waals surface area contributed by atoms with Crippen LogP contribution in [0.5, 0.6) is 0 Å². The topological polar surface area (TPSA) is 42.0 Å². The number of nitrogens with one attached hydrogen (secondary N) is 1. The summed E-state index contributed by atoms with van der Waals surface area (Å²) in [7, 11) is 0. The SMILES string of the molecule is CC(=O)NCCC=Cc1ncc(Cl)cc1C. The van der Waals surface area contributed by atoms with Crippen LogP contribution in [0.3, 0.4) is 0 Å². The molecule has 0 fully saturated rings. The van der Waals surface area contributed by atoms with Crippen LogP contribution in [-0.2, 0) is 4.79 Å². The molecule has 1 rings (SSSR count). The second kappa shape index (κ2) is 6.28. The van der Waals surface area contributed by atoms with Crippen molar-refractivity contribution in [3.8, 4) is 0 Å². The summed E-state index contributed by atoms with van der Waals surface area (Å²) in [5.41, 5.74) is 1.95. The Bertz CT molecular complexity index is 402. The number of carbonyl (C=O) groups excluding carboxylic acids is 1. The van der Waals surface area contributed by atoms with Crippen LogP contribution in [0.25, 0.3) is 6.08 Å². The monoisotopic (exact) mass is 238 g/mol. The minimum absolute atomic E-state index is 0.00537. The number of aryl methyl sites for hydroxylation is 1. The number of halogens is 1. The Morgan fingerprint density at radius 3 is 3.00 bits per heavy atom. The number of hydrogen-bond donors (Lipinski definition) is 1. The Morgan fingerprint density at radius 2 is 2.38 bits per heavy atom. The maximum absolute atomic E-state index is 10.6. The highest BCUT2D eigenvalue weighted by atomic mass is 35.5. The van der Waals surface area contributed by atoms with Crippen LogP contribution < -0.4 is 5.32 Å². The molecule has 0 saturated heterocycles. The summed E-state index contributed by atoms with van der Waals surface area (Å²) in [4.78, 5) is 14.8. The molecule has 86 valence electrons. The number of carbonyl (C=O) groups is 1. The highest BCUT2D eigenvalue weighted by Gasteiger charge is 1.96. The number of pyridine rings is 1. The van der Waals surface area contributed by atoms with Crippen molar-refractivity contribution >= 4 is 23.6 Å². The molecule has 0 spiro atoms. The summed E-state index contributed by atoms with van der Waals surface area (Å²) >= 11 is 5.80. The van der Waals surface area contributed by atoms with Gasteiger partial charge < -0.3 is 5.32 Å². The van der Waals surface area contributed by atoms with E-state index in [1.165, 1.54) is 6.92 Å². The van der Waals surface area contributed by atoms with Crippen LogP contribution in [-0.4, -0.2) is 17.4 Å². The summed E-state index contributed by atoms with van der Waals surface area (Å²) < 4.78 is 0. The smallest absolute Gasteiger partial charge is 0.216 e. The van der Waals surface area contributed by atoms with Crippen molar-refractivity contribution in [3.05, 3.63) is 34.6 Å². The molecule has 1 aromatic heterocycles. The number of aromatic nitrogens is 1. The van der Waals surface area contributed by atoms with Crippen LogP contribution in [0.1, 0.15) is 24.6 Å². The average molecular weight is 239 g/mol. The first kappa shape index (κ1) is 12.7. The number of amides is 1. The molecule has 0 atom stereocenters. The van der Waals surface area contributed by atoms with E-state index in [4.69, 9.17) is 11.6 Å². The second-order valence-corrected chi connectivity index (χ2v) is 3.97. The molecule has 1 aromatic rings. The van der Waals surface area contributed by atoms with E-state index in [1.54, 1.807) is 6.20 Å². The van der Waals surface area contributed by atoms with E-state index >= 15 is 0 Å². The lowest BCUT2D eigenvalue weighted by Crippen LogP contribution is -2.20. The standard InChI is InChI=1S/C12H15ClN2O/c1-9-7-11(13)8-15-12(9)5-3-4-6-14-10(2)16/h3,5,7-8H,4,6H2,1-2H3,(H,14,16). The fraction of sp³-hybridized carbons (Fsp3) is 0.333. The molecule has 3 nitrogen and oxygen atoms in total. The van der Waals surface area contributed by atoms with Crippen molar-refractivity contribution in [3.63, 3.8) is 0 Å². The van der Waals surface area contributed by atoms with E-state index in [-0.39, 0.29) is 5.91 Å². The molecule has 0 radical (unpaired) electrons. The average Bonchev–Trinajstić information content (AvgIpc) is 2.20. The second-order valence-electron chi connectivity index (χ2n) is 3.53. The van der Waals surface area contributed by atoms with E-state index in [2.05, 4.69) is 10.3 Å². The normalized spacial score (nSPS) is 10.7. The van der Waals surface area contributed by atoms with Crippen molar-refractivity contribution in [2.45, 2.75) is 20.3 Å². The molecule has 0 aromatic carbocycles. The minimum atomic E-state index is -0.00537. The highest BCUT2D eigenvalue weighted by Crippen LogP contribution is 2.13. The largest absolute Gasteiger partial charge is 0.356 e. The first-order valence-corrected chi connectivity index (χ1v) is 5.50. The van der Waals surface area contributed by atoms with Crippen LogP contribution >= 0.6 is 11.6 Å². The number of nitrogens with zero attached hydrogens (tertiary/aromatic N) is 1. The summed E-state index contributed by atoms with van der Waals surface area (Å²) in [5.74, 6) is -0.00537. The Hall–Kier alpha value is -1.35. The lowest BCUT2D eigenvalue weighted by molar-refractivity contribution is -0.118. The van der Waals surface area contributed by atoms with Gasteiger partial charge in [0.05, 0.1) is 10.7 Å². The van der Waals surface area contributed by atoms with Crippen molar-refractivity contribution in [1.82, 2.24) is 10.3 Å². The molecular formula is C12H15ClN2O. The van der Waals surface area contributed by atoms with E-state index in [0.717, 1.165) is 17.7 Å². The highest BCUT2D eigenvalue weighted by molar-refractivity contribution is 6.30. The Labute approximate surface area is 101 Å². The van der Waals surface area contributed by atoms with Gasteiger partial charge in [0.25, 0.3) is 0 Å². The van der Waals surface area contributed by atoms with Crippen LogP contribution in [0.4, 0.5) is 0 Å². The maximum atomic E-state index is 10.6. The van der Waals surface area contributed by atoms with E-state index in [9.17, 15) is 4.79 Å². The number of hydrogen-bond acceptors (Lipinski definition) is 2. The third-order valence-corrected chi connectivity index (χ3v) is 2.25. The van der Waals surface area contributed by atoms with Crippen LogP contribution in [0, 0.1) is 6.92 Å². The molecular weight excluding hydrogens is 224 g/mol. The van der Waals surface area contributed by atoms with Crippen LogP contribution in [0.2, 0.25) is 5.02 Å². The van der Waals surface area contributed by atoms with Gasteiger partial charge in [0, 0.05) is 19.7 Å². The van der Waals surface area contributed by atoms with Gasteiger partial charge in [-0.1, -0.05) is 17.7 Å². The molecule has 0 aliphatic carbocycles. The zero-order valence-corrected chi connectivity index (χ0v) is 10.2. The Balaban J connectivity index is 2.47. The fourth-order valence-electron chi connectivity index (χ4n) is 1.25. The molecule has 0 saturated carbocycles. The zero-order valence-electron chi connectivity index (χ0n) is 9.46. The predicted octanol–water partition coefficient (Wildman–Crippen LogP) is 2.58. The van der Waals surface area contributed by atoms with Crippen molar-refractivity contribution < 1.29 is 4.79 Å². The summed E-state index contributed by atoms with van der Waals surface area (Å²) in [6.07, 6.45) is 6.35. The van der Waals surface area contributed by atoms with E-state index in [0.29, 0.717) is 11.6 Å². The molecule has 0 aliphatic rings. The van der Waals surface area contributed by atoms with E-state index < -0.39 is 0 Å². The maximum Gasteiger partial charge on any atom is 0.216 e. The first-order chi connectivity index (χ1) is 7.59. The van der Waals surface area contributed by atoms with Gasteiger partial charge in [-0.3, -0.25) is 9.78 Å². The predicted molar refractivity (Wildman–Crippen MR) is 66.3 cm³/mol. The van der Waals surface area contributed by atoms with Gasteiger partial charge in [-0.15, -0.1) is 0 Å². The fourth-order valence-corrected chi connectivity index (χ4v) is 1.46. The minimum Gasteiger partial charge on any atom is -0.356 e. The lowest BCUT2D eigenvalue weighted by Gasteiger charge is -2.00. The quantitative estimate of drug-likeness (QED) is 0.820. The van der Waals surface area contributed by atoms with Gasteiger partial charge in [-0.05, 0) is 31.1 Å². The number of rotatable bonds is 4. The summed E-state index contributed by atoms with van der Waals surface area (Å²) in [6, 6.07) is 1.88. The van der Waals surface area contributed by atoms with Crippen molar-refractivity contribution in [1.29, 1.82) is 0 Å². The molecule has 1 N–H and O–H groups in total. The zero-order chi connectivity index (χ0) is 12.0. The summed E-state index contributed by atoms with van der Waals surface area (Å²) in [5, 5.41) is 3.37. The summed E-state index contributed by atoms with van der Waals surface area (Å²) in [6.45, 7) is 4.12. The molecule has 16 heavy (non-hydrogen) atoms. The van der Waals surface area contributed by atoms with Gasteiger partial charge in [0.15, 0.2) is 0 Å². The first-order valence-electron chi connectivity index (χ1n) is 5.12. The van der Waals surface area contributed by atoms with Gasteiger partial charge in [-0.25, -0.2) is 0 Å². The molecule has 0 aliphatic heterocycles. The molecule has 0 bridgehead atoms. The third kappa shape index (κ3) is 4.45. The molecule has 1 heterocycles. The molecule has 0 unspecified atom stereocenters. The van der Waals surface area contributed by atoms with Gasteiger partial charge in [0.1, 0.15) is 0 Å². The molecule has 1 amide bonds. The van der Waals surface area contributed by atoms with E-state index in [1.807, 2.05) is 25.1 Å². The van der Waals surface area contributed by atoms with Crippen molar-refractivity contribution in [2.75, 3.05) is 6.54 Å². The Morgan fingerprint density at radius 1 is 1.62 bits per heavy atom. The van der Waals surface area contributed by atoms with Crippen molar-refractivity contribution in [2.24, 2.45) is 0 Å². The van der Waals surface area contributed by atoms with Gasteiger partial charge in [-0.2, -0.15) is 0 Å². The van der Waals surface area contributed by atoms with Gasteiger partial charge in [0.2, 0.25) is 5.91 Å². The lowest BCUT2D eigenvalue weighted by atomic mass is 10.2. The third-order valence-electron chi connectivity index (χ3n) is 2.05. The Kier molecular flexibility index (Phi) is 4.99. The van der Waals surface area contributed by atoms with Crippen LogP contribution in [0.15, 0.2) is 18.3 Å². The van der Waals surface area contributed by atoms with Gasteiger partial charge >= 0.3 is 0 Å².